The molecule has 1 fully saturated rings. The molecule has 0 radical (unpaired) electrons. The highest BCUT2D eigenvalue weighted by molar-refractivity contribution is 7.99. The van der Waals surface area contributed by atoms with E-state index in [9.17, 15) is 9.59 Å². The first-order valence-electron chi connectivity index (χ1n) is 4.60. The van der Waals surface area contributed by atoms with Gasteiger partial charge in [0.1, 0.15) is 6.04 Å². The Labute approximate surface area is 91.4 Å². The minimum absolute atomic E-state index is 0.0287. The van der Waals surface area contributed by atoms with E-state index in [2.05, 4.69) is 10.6 Å². The first-order valence-corrected chi connectivity index (χ1v) is 5.75. The highest BCUT2D eigenvalue weighted by atomic mass is 32.2. The van der Waals surface area contributed by atoms with E-state index < -0.39 is 12.0 Å². The molecule has 4 N–H and O–H groups in total. The minimum atomic E-state index is -1.12. The number of hydrogen-bond donors (Lipinski definition) is 4. The van der Waals surface area contributed by atoms with Gasteiger partial charge in [0.15, 0.2) is 0 Å². The molecule has 2 atom stereocenters. The number of carboxylic acid groups (broad SMARTS) is 1. The summed E-state index contributed by atoms with van der Waals surface area (Å²) in [6.07, 6.45) is 0.0287. The number of thioether (sulfide) groups is 1. The zero-order valence-corrected chi connectivity index (χ0v) is 8.92. The number of hydrogen-bond acceptors (Lipinski definition) is 5. The third-order valence-corrected chi connectivity index (χ3v) is 3.00. The largest absolute Gasteiger partial charge is 0.480 e. The van der Waals surface area contributed by atoms with E-state index in [1.165, 1.54) is 0 Å². The number of carbonyl (C=O) groups excluding carboxylic acids is 1. The molecular formula is C8H14N2O4S. The second-order valence-electron chi connectivity index (χ2n) is 3.18. The van der Waals surface area contributed by atoms with Crippen LogP contribution in [-0.2, 0) is 9.59 Å². The summed E-state index contributed by atoms with van der Waals surface area (Å²) in [5.74, 6) is -0.0865. The molecule has 2 unspecified atom stereocenters. The van der Waals surface area contributed by atoms with Crippen LogP contribution in [0.5, 0.6) is 0 Å². The molecule has 15 heavy (non-hydrogen) atoms. The Hall–Kier alpha value is -0.790. The predicted molar refractivity (Wildman–Crippen MR) is 55.5 cm³/mol. The molecule has 1 aliphatic rings. The van der Waals surface area contributed by atoms with Crippen LogP contribution in [0.3, 0.4) is 0 Å². The van der Waals surface area contributed by atoms with Gasteiger partial charge in [0.25, 0.3) is 0 Å². The van der Waals surface area contributed by atoms with Gasteiger partial charge in [0.2, 0.25) is 5.91 Å². The molecule has 7 heteroatoms. The minimum Gasteiger partial charge on any atom is -0.480 e. The molecule has 0 aromatic heterocycles. The van der Waals surface area contributed by atoms with Crippen LogP contribution in [0, 0.1) is 0 Å². The smallest absolute Gasteiger partial charge is 0.326 e. The predicted octanol–water partition coefficient (Wildman–Crippen LogP) is -1.40. The lowest BCUT2D eigenvalue weighted by atomic mass is 10.2. The summed E-state index contributed by atoms with van der Waals surface area (Å²) < 4.78 is 0. The van der Waals surface area contributed by atoms with Crippen molar-refractivity contribution in [3.05, 3.63) is 0 Å². The number of nitrogens with one attached hydrogen (secondary N) is 2. The van der Waals surface area contributed by atoms with Crippen LogP contribution in [0.2, 0.25) is 0 Å². The molecule has 0 aromatic carbocycles. The van der Waals surface area contributed by atoms with Crippen LogP contribution < -0.4 is 10.6 Å². The summed E-state index contributed by atoms with van der Waals surface area (Å²) in [7, 11) is 0. The Morgan fingerprint density at radius 2 is 2.33 bits per heavy atom. The van der Waals surface area contributed by atoms with E-state index in [0.29, 0.717) is 11.6 Å². The van der Waals surface area contributed by atoms with Gasteiger partial charge < -0.3 is 15.5 Å². The van der Waals surface area contributed by atoms with Gasteiger partial charge in [-0.05, 0) is 0 Å². The monoisotopic (exact) mass is 234 g/mol. The Morgan fingerprint density at radius 1 is 1.60 bits per heavy atom. The lowest BCUT2D eigenvalue weighted by Gasteiger charge is -2.16. The van der Waals surface area contributed by atoms with Gasteiger partial charge in [-0.15, -0.1) is 11.8 Å². The molecule has 0 bridgehead atoms. The summed E-state index contributed by atoms with van der Waals surface area (Å²) in [6.45, 7) is -0.260. The highest BCUT2D eigenvalue weighted by Crippen LogP contribution is 2.09. The average molecular weight is 234 g/mol. The normalized spacial score (nSPS) is 22.3. The molecular weight excluding hydrogens is 220 g/mol. The second kappa shape index (κ2) is 5.94. The first-order chi connectivity index (χ1) is 7.15. The molecule has 6 nitrogen and oxygen atoms in total. The molecule has 1 rings (SSSR count). The molecule has 1 saturated heterocycles. The maximum Gasteiger partial charge on any atom is 0.326 e. The standard InChI is InChI=1S/C8H14N2O4S/c11-2-1-5(8(13)14)10-7(12)6-3-15-4-9-6/h5-6,9,11H,1-4H2,(H,10,12)(H,13,14). The van der Waals surface area contributed by atoms with Crippen molar-refractivity contribution in [3.63, 3.8) is 0 Å². The zero-order chi connectivity index (χ0) is 11.3. The van der Waals surface area contributed by atoms with Crippen molar-refractivity contribution >= 4 is 23.6 Å². The van der Waals surface area contributed by atoms with Gasteiger partial charge in [-0.2, -0.15) is 0 Å². The summed E-state index contributed by atoms with van der Waals surface area (Å²) in [5.41, 5.74) is 0. The molecule has 0 spiro atoms. The summed E-state index contributed by atoms with van der Waals surface area (Å²) in [6, 6.07) is -1.33. The molecule has 86 valence electrons. The van der Waals surface area contributed by atoms with E-state index in [-0.39, 0.29) is 25.0 Å². The quantitative estimate of drug-likeness (QED) is 0.467. The summed E-state index contributed by atoms with van der Waals surface area (Å²) in [5, 5.41) is 22.7. The number of carboxylic acids is 1. The van der Waals surface area contributed by atoms with Crippen LogP contribution in [-0.4, -0.2) is 52.4 Å². The van der Waals surface area contributed by atoms with Crippen LogP contribution in [0.25, 0.3) is 0 Å². The molecule has 0 saturated carbocycles. The maximum atomic E-state index is 11.5. The van der Waals surface area contributed by atoms with Gasteiger partial charge in [0.05, 0.1) is 6.04 Å². The van der Waals surface area contributed by atoms with Gasteiger partial charge >= 0.3 is 5.97 Å². The van der Waals surface area contributed by atoms with Crippen LogP contribution in [0.15, 0.2) is 0 Å². The van der Waals surface area contributed by atoms with Crippen molar-refractivity contribution in [1.29, 1.82) is 0 Å². The third kappa shape index (κ3) is 3.69. The summed E-state index contributed by atoms with van der Waals surface area (Å²) in [4.78, 5) is 22.2. The number of aliphatic carboxylic acids is 1. The fourth-order valence-electron chi connectivity index (χ4n) is 1.22. The van der Waals surface area contributed by atoms with E-state index in [1.807, 2.05) is 0 Å². The van der Waals surface area contributed by atoms with Gasteiger partial charge in [-0.1, -0.05) is 0 Å². The topological polar surface area (TPSA) is 98.7 Å². The summed E-state index contributed by atoms with van der Waals surface area (Å²) >= 11 is 1.59. The molecule has 1 amide bonds. The van der Waals surface area contributed by atoms with Gasteiger partial charge in [-0.3, -0.25) is 10.1 Å². The Morgan fingerprint density at radius 3 is 2.80 bits per heavy atom. The van der Waals surface area contributed by atoms with Crippen molar-refractivity contribution in [1.82, 2.24) is 10.6 Å². The number of carbonyl (C=O) groups is 2. The van der Waals surface area contributed by atoms with E-state index in [1.54, 1.807) is 11.8 Å². The van der Waals surface area contributed by atoms with E-state index in [0.717, 1.165) is 0 Å². The lowest BCUT2D eigenvalue weighted by molar-refractivity contribution is -0.142. The lowest BCUT2D eigenvalue weighted by Crippen LogP contribution is -2.49. The van der Waals surface area contributed by atoms with Crippen molar-refractivity contribution in [2.45, 2.75) is 18.5 Å². The fourth-order valence-corrected chi connectivity index (χ4v) is 2.16. The molecule has 1 aliphatic heterocycles. The Bertz CT molecular complexity index is 243. The zero-order valence-electron chi connectivity index (χ0n) is 8.10. The molecule has 1 heterocycles. The van der Waals surface area contributed by atoms with E-state index >= 15 is 0 Å². The molecule has 0 aromatic rings. The van der Waals surface area contributed by atoms with Gasteiger partial charge in [-0.25, -0.2) is 4.79 Å². The van der Waals surface area contributed by atoms with Crippen LogP contribution in [0.4, 0.5) is 0 Å². The number of rotatable bonds is 5. The SMILES string of the molecule is O=C(O)C(CCO)NC(=O)C1CSCN1. The van der Waals surface area contributed by atoms with Crippen LogP contribution >= 0.6 is 11.8 Å². The van der Waals surface area contributed by atoms with Crippen molar-refractivity contribution < 1.29 is 19.8 Å². The molecule has 0 aliphatic carbocycles. The van der Waals surface area contributed by atoms with Crippen LogP contribution in [0.1, 0.15) is 6.42 Å². The van der Waals surface area contributed by atoms with Crippen molar-refractivity contribution in [2.75, 3.05) is 18.2 Å². The average Bonchev–Trinajstić information content (AvgIpc) is 2.69. The fraction of sp³-hybridized carbons (Fsp3) is 0.750. The number of aliphatic hydroxyl groups is 1. The number of amides is 1. The number of aliphatic hydroxyl groups excluding tert-OH is 1. The Balaban J connectivity index is 2.42. The van der Waals surface area contributed by atoms with Crippen molar-refractivity contribution in [2.24, 2.45) is 0 Å². The maximum absolute atomic E-state index is 11.5. The van der Waals surface area contributed by atoms with E-state index in [4.69, 9.17) is 10.2 Å². The second-order valence-corrected chi connectivity index (χ2v) is 4.21. The van der Waals surface area contributed by atoms with Gasteiger partial charge in [0, 0.05) is 24.7 Å². The first kappa shape index (κ1) is 12.3. The third-order valence-electron chi connectivity index (χ3n) is 2.07. The Kier molecular flexibility index (Phi) is 4.86. The highest BCUT2D eigenvalue weighted by Gasteiger charge is 2.26. The van der Waals surface area contributed by atoms with Crippen molar-refractivity contribution in [3.8, 4) is 0 Å².